The fraction of sp³-hybridized carbons (Fsp3) is 0.0909. The van der Waals surface area contributed by atoms with Gasteiger partial charge in [0, 0.05) is 14.9 Å². The minimum absolute atomic E-state index is 0.0978. The lowest BCUT2D eigenvalue weighted by Gasteiger charge is -2.12. The van der Waals surface area contributed by atoms with Gasteiger partial charge in [0.15, 0.2) is 0 Å². The van der Waals surface area contributed by atoms with E-state index < -0.39 is 11.9 Å². The minimum Gasteiger partial charge on any atom is -0.319 e. The van der Waals surface area contributed by atoms with Crippen molar-refractivity contribution in [2.24, 2.45) is 5.73 Å². The van der Waals surface area contributed by atoms with Gasteiger partial charge in [-0.3, -0.25) is 0 Å². The number of nitrogens with two attached hydrogens (primary N) is 1. The maximum atomic E-state index is 13.8. The van der Waals surface area contributed by atoms with Crippen molar-refractivity contribution < 1.29 is 4.39 Å². The molecule has 1 unspecified atom stereocenters. The maximum Gasteiger partial charge on any atom is 0.146 e. The van der Waals surface area contributed by atoms with Gasteiger partial charge in [-0.2, -0.15) is 0 Å². The van der Waals surface area contributed by atoms with Crippen LogP contribution in [0.3, 0.4) is 0 Å². The topological polar surface area (TPSA) is 26.0 Å². The second kappa shape index (κ2) is 4.84. The Morgan fingerprint density at radius 3 is 2.75 bits per heavy atom. The molecular formula is C11H8BrClFNS. The number of hydrogen-bond donors (Lipinski definition) is 1. The molecule has 0 saturated carbocycles. The number of rotatable bonds is 2. The van der Waals surface area contributed by atoms with E-state index in [1.165, 1.54) is 17.4 Å². The molecule has 5 heteroatoms. The molecule has 0 radical (unpaired) electrons. The van der Waals surface area contributed by atoms with E-state index in [2.05, 4.69) is 15.9 Å². The summed E-state index contributed by atoms with van der Waals surface area (Å²) < 4.78 is 14.6. The van der Waals surface area contributed by atoms with Crippen molar-refractivity contribution in [1.29, 1.82) is 0 Å². The summed E-state index contributed by atoms with van der Waals surface area (Å²) in [6.07, 6.45) is 0. The molecule has 1 nitrogen and oxygen atoms in total. The third-order valence-electron chi connectivity index (χ3n) is 2.24. The zero-order valence-corrected chi connectivity index (χ0v) is 11.2. The lowest BCUT2D eigenvalue weighted by molar-refractivity contribution is 0.601. The Labute approximate surface area is 110 Å². The molecule has 2 aromatic rings. The van der Waals surface area contributed by atoms with Crippen LogP contribution in [-0.2, 0) is 0 Å². The van der Waals surface area contributed by atoms with Crippen LogP contribution < -0.4 is 5.73 Å². The van der Waals surface area contributed by atoms with Gasteiger partial charge in [-0.15, -0.1) is 11.3 Å². The molecule has 2 N–H and O–H groups in total. The Bertz CT molecular complexity index is 514. The quantitative estimate of drug-likeness (QED) is 0.874. The fourth-order valence-corrected chi connectivity index (χ4v) is 3.25. The van der Waals surface area contributed by atoms with E-state index in [1.807, 2.05) is 11.4 Å². The molecule has 16 heavy (non-hydrogen) atoms. The summed E-state index contributed by atoms with van der Waals surface area (Å²) in [7, 11) is 0. The Balaban J connectivity index is 2.46. The van der Waals surface area contributed by atoms with Crippen LogP contribution in [0.1, 0.15) is 16.5 Å². The predicted octanol–water partition coefficient (Wildman–Crippen LogP) is 4.35. The summed E-state index contributed by atoms with van der Waals surface area (Å²) in [5.74, 6) is -0.447. The second-order valence-electron chi connectivity index (χ2n) is 3.25. The molecule has 1 aromatic carbocycles. The number of halogens is 3. The Hall–Kier alpha value is -0.420. The van der Waals surface area contributed by atoms with Gasteiger partial charge < -0.3 is 5.73 Å². The van der Waals surface area contributed by atoms with Crippen molar-refractivity contribution in [3.05, 3.63) is 55.4 Å². The molecule has 0 amide bonds. The largest absolute Gasteiger partial charge is 0.319 e. The summed E-state index contributed by atoms with van der Waals surface area (Å²) in [6.45, 7) is 0. The van der Waals surface area contributed by atoms with Crippen LogP contribution in [0.5, 0.6) is 0 Å². The highest BCUT2D eigenvalue weighted by atomic mass is 79.9. The van der Waals surface area contributed by atoms with Crippen molar-refractivity contribution >= 4 is 38.9 Å². The van der Waals surface area contributed by atoms with Gasteiger partial charge in [-0.25, -0.2) is 4.39 Å². The molecule has 1 atom stereocenters. The van der Waals surface area contributed by atoms with Crippen LogP contribution in [-0.4, -0.2) is 0 Å². The van der Waals surface area contributed by atoms with E-state index in [0.29, 0.717) is 5.56 Å². The molecule has 0 aliphatic rings. The van der Waals surface area contributed by atoms with E-state index in [9.17, 15) is 4.39 Å². The first kappa shape index (κ1) is 12.0. The molecule has 1 aromatic heterocycles. The maximum absolute atomic E-state index is 13.8. The highest BCUT2D eigenvalue weighted by molar-refractivity contribution is 9.10. The average Bonchev–Trinajstić information content (AvgIpc) is 2.68. The standard InChI is InChI=1S/C11H8BrClFNS/c12-7-4-5-16-11(7)10(15)6-2-1-3-8(13)9(6)14/h1-5,10H,15H2. The number of thiophene rings is 1. The summed E-state index contributed by atoms with van der Waals surface area (Å²) in [6, 6.07) is 6.26. The normalized spacial score (nSPS) is 12.8. The van der Waals surface area contributed by atoms with Gasteiger partial charge in [-0.1, -0.05) is 23.7 Å². The first-order valence-corrected chi connectivity index (χ1v) is 6.58. The Kier molecular flexibility index (Phi) is 3.64. The van der Waals surface area contributed by atoms with Crippen LogP contribution in [0.15, 0.2) is 34.1 Å². The Morgan fingerprint density at radius 1 is 1.38 bits per heavy atom. The van der Waals surface area contributed by atoms with Crippen LogP contribution in [0.4, 0.5) is 4.39 Å². The van der Waals surface area contributed by atoms with E-state index in [4.69, 9.17) is 17.3 Å². The van der Waals surface area contributed by atoms with Crippen LogP contribution in [0, 0.1) is 5.82 Å². The molecule has 0 aliphatic carbocycles. The molecule has 0 aliphatic heterocycles. The smallest absolute Gasteiger partial charge is 0.146 e. The van der Waals surface area contributed by atoms with Gasteiger partial charge in [0.05, 0.1) is 11.1 Å². The Morgan fingerprint density at radius 2 is 2.12 bits per heavy atom. The molecule has 0 spiro atoms. The van der Waals surface area contributed by atoms with Gasteiger partial charge >= 0.3 is 0 Å². The highest BCUT2D eigenvalue weighted by Crippen LogP contribution is 2.33. The van der Waals surface area contributed by atoms with E-state index in [-0.39, 0.29) is 5.02 Å². The third-order valence-corrected chi connectivity index (χ3v) is 4.49. The zero-order chi connectivity index (χ0) is 11.7. The van der Waals surface area contributed by atoms with E-state index >= 15 is 0 Å². The summed E-state index contributed by atoms with van der Waals surface area (Å²) in [4.78, 5) is 0.890. The molecule has 0 bridgehead atoms. The van der Waals surface area contributed by atoms with Crippen molar-refractivity contribution in [3.8, 4) is 0 Å². The number of benzene rings is 1. The fourth-order valence-electron chi connectivity index (χ4n) is 1.43. The van der Waals surface area contributed by atoms with Gasteiger partial charge in [0.25, 0.3) is 0 Å². The van der Waals surface area contributed by atoms with Gasteiger partial charge in [-0.05, 0) is 33.4 Å². The monoisotopic (exact) mass is 319 g/mol. The molecule has 1 heterocycles. The lowest BCUT2D eigenvalue weighted by atomic mass is 10.1. The van der Waals surface area contributed by atoms with Crippen molar-refractivity contribution in [3.63, 3.8) is 0 Å². The first-order valence-electron chi connectivity index (χ1n) is 4.53. The molecule has 0 fully saturated rings. The third kappa shape index (κ3) is 2.15. The summed E-state index contributed by atoms with van der Waals surface area (Å²) in [5.41, 5.74) is 6.43. The van der Waals surface area contributed by atoms with Crippen LogP contribution in [0.2, 0.25) is 5.02 Å². The SMILES string of the molecule is NC(c1cccc(Cl)c1F)c1sccc1Br. The molecule has 84 valence electrons. The highest BCUT2D eigenvalue weighted by Gasteiger charge is 2.18. The number of hydrogen-bond acceptors (Lipinski definition) is 2. The summed E-state index contributed by atoms with van der Waals surface area (Å²) in [5, 5.41) is 2.00. The predicted molar refractivity (Wildman–Crippen MR) is 69.5 cm³/mol. The first-order chi connectivity index (χ1) is 7.61. The zero-order valence-electron chi connectivity index (χ0n) is 8.08. The van der Waals surface area contributed by atoms with Crippen molar-refractivity contribution in [2.45, 2.75) is 6.04 Å². The molecular weight excluding hydrogens is 313 g/mol. The molecule has 0 saturated heterocycles. The summed E-state index contributed by atoms with van der Waals surface area (Å²) >= 11 is 10.6. The molecule has 2 rings (SSSR count). The van der Waals surface area contributed by atoms with Crippen molar-refractivity contribution in [2.75, 3.05) is 0 Å². The van der Waals surface area contributed by atoms with Gasteiger partial charge in [0.2, 0.25) is 0 Å². The second-order valence-corrected chi connectivity index (χ2v) is 5.46. The van der Waals surface area contributed by atoms with Crippen LogP contribution in [0.25, 0.3) is 0 Å². The minimum atomic E-state index is -0.493. The van der Waals surface area contributed by atoms with E-state index in [1.54, 1.807) is 12.1 Å². The average molecular weight is 321 g/mol. The van der Waals surface area contributed by atoms with Crippen LogP contribution >= 0.6 is 38.9 Å². The van der Waals surface area contributed by atoms with E-state index in [0.717, 1.165) is 9.35 Å². The van der Waals surface area contributed by atoms with Gasteiger partial charge in [0.1, 0.15) is 5.82 Å². The lowest BCUT2D eigenvalue weighted by Crippen LogP contribution is -2.12. The van der Waals surface area contributed by atoms with Crippen molar-refractivity contribution in [1.82, 2.24) is 0 Å².